The molecule has 11 heteroatoms. The Morgan fingerprint density at radius 1 is 0.929 bits per heavy atom. The van der Waals surface area contributed by atoms with Crippen LogP contribution in [0.5, 0.6) is 0 Å². The van der Waals surface area contributed by atoms with Crippen LogP contribution >= 0.6 is 0 Å². The van der Waals surface area contributed by atoms with Gasteiger partial charge in [0.05, 0.1) is 29.3 Å². The molecule has 2 fully saturated rings. The van der Waals surface area contributed by atoms with Gasteiger partial charge >= 0.3 is 18.3 Å². The van der Waals surface area contributed by atoms with Crippen molar-refractivity contribution in [3.63, 3.8) is 0 Å². The van der Waals surface area contributed by atoms with Gasteiger partial charge in [0, 0.05) is 19.0 Å². The molecule has 0 spiro atoms. The summed E-state index contributed by atoms with van der Waals surface area (Å²) in [6, 6.07) is 7.41. The van der Waals surface area contributed by atoms with Crippen LogP contribution in [-0.4, -0.2) is 42.2 Å². The van der Waals surface area contributed by atoms with Crippen LogP contribution in [0, 0.1) is 17.7 Å². The molecular formula is C31H36F7NO3. The summed E-state index contributed by atoms with van der Waals surface area (Å²) in [6.45, 7) is 8.69. The molecule has 2 aromatic carbocycles. The van der Waals surface area contributed by atoms with Crippen molar-refractivity contribution in [3.8, 4) is 0 Å². The summed E-state index contributed by atoms with van der Waals surface area (Å²) in [7, 11) is 0. The minimum atomic E-state index is -4.96. The third-order valence-corrected chi connectivity index (χ3v) is 7.95. The number of likely N-dealkylation sites (tertiary alicyclic amines) is 1. The lowest BCUT2D eigenvalue weighted by molar-refractivity contribution is -0.159. The third kappa shape index (κ3) is 8.03. The zero-order chi connectivity index (χ0) is 31.0. The minimum Gasteiger partial charge on any atom is -0.460 e. The lowest BCUT2D eigenvalue weighted by Gasteiger charge is -2.31. The monoisotopic (exact) mass is 603 g/mol. The molecule has 4 nitrogen and oxygen atoms in total. The summed E-state index contributed by atoms with van der Waals surface area (Å²) < 4.78 is 106. The summed E-state index contributed by atoms with van der Waals surface area (Å²) in [5, 5.41) is 0. The van der Waals surface area contributed by atoms with Crippen molar-refractivity contribution >= 4 is 5.97 Å². The first kappa shape index (κ1) is 32.3. The topological polar surface area (TPSA) is 38.8 Å². The Hall–Kier alpha value is -2.66. The van der Waals surface area contributed by atoms with Crippen molar-refractivity contribution in [2.75, 3.05) is 19.6 Å². The van der Waals surface area contributed by atoms with Crippen molar-refractivity contribution < 1.29 is 45.0 Å². The predicted octanol–water partition coefficient (Wildman–Crippen LogP) is 8.17. The summed E-state index contributed by atoms with van der Waals surface area (Å²) in [6.07, 6.45) is -9.66. The SMILES string of the molecule is C[C@@H](OC1CCC(CN2CC[C@H](C(=O)OC(C)(C)C)C2)C1c1ccc(F)cc1)c1cc(C(F)(F)F)cc(C(F)(F)F)c1. The number of benzene rings is 2. The Balaban J connectivity index is 1.54. The van der Waals surface area contributed by atoms with E-state index in [-0.39, 0.29) is 35.4 Å². The molecule has 0 aromatic heterocycles. The molecule has 0 radical (unpaired) electrons. The van der Waals surface area contributed by atoms with Gasteiger partial charge in [0.15, 0.2) is 0 Å². The van der Waals surface area contributed by atoms with Gasteiger partial charge < -0.3 is 14.4 Å². The smallest absolute Gasteiger partial charge is 0.416 e. The average Bonchev–Trinajstić information content (AvgIpc) is 3.50. The Morgan fingerprint density at radius 2 is 1.52 bits per heavy atom. The van der Waals surface area contributed by atoms with Crippen LogP contribution in [0.3, 0.4) is 0 Å². The van der Waals surface area contributed by atoms with E-state index in [1.807, 2.05) is 20.8 Å². The molecule has 232 valence electrons. The first-order valence-electron chi connectivity index (χ1n) is 14.1. The van der Waals surface area contributed by atoms with Gasteiger partial charge in [-0.25, -0.2) is 4.39 Å². The fourth-order valence-electron chi connectivity index (χ4n) is 6.03. The zero-order valence-electron chi connectivity index (χ0n) is 24.0. The molecule has 42 heavy (non-hydrogen) atoms. The molecule has 1 saturated carbocycles. The van der Waals surface area contributed by atoms with Crippen LogP contribution in [0.2, 0.25) is 0 Å². The molecule has 5 atom stereocenters. The molecular weight excluding hydrogens is 567 g/mol. The molecule has 0 N–H and O–H groups in total. The number of alkyl halides is 6. The van der Waals surface area contributed by atoms with E-state index in [0.717, 1.165) is 5.56 Å². The van der Waals surface area contributed by atoms with Crippen LogP contribution in [-0.2, 0) is 26.6 Å². The van der Waals surface area contributed by atoms with Gasteiger partial charge in [0.25, 0.3) is 0 Å². The van der Waals surface area contributed by atoms with Crippen molar-refractivity contribution in [1.29, 1.82) is 0 Å². The number of hydrogen-bond donors (Lipinski definition) is 0. The molecule has 4 rings (SSSR count). The first-order chi connectivity index (χ1) is 19.4. The number of halogens is 7. The number of hydrogen-bond acceptors (Lipinski definition) is 4. The van der Waals surface area contributed by atoms with Crippen molar-refractivity contribution in [3.05, 3.63) is 70.5 Å². The standard InChI is InChI=1S/C31H36F7NO3/c1-18(22-13-23(30(33,34)35)15-24(14-22)31(36,37)38)41-26-10-7-20(27(26)19-5-8-25(32)9-6-19)16-39-12-11-21(17-39)28(40)42-29(2,3)4/h5-6,8-9,13-15,18,20-21,26-27H,7,10-12,16-17H2,1-4H3/t18-,20?,21+,26?,27?/m1/s1. The van der Waals surface area contributed by atoms with E-state index in [4.69, 9.17) is 9.47 Å². The molecule has 0 amide bonds. The summed E-state index contributed by atoms with van der Waals surface area (Å²) in [5.74, 6) is -1.20. The number of rotatable bonds is 7. The summed E-state index contributed by atoms with van der Waals surface area (Å²) >= 11 is 0. The number of ether oxygens (including phenoxy) is 2. The second kappa shape index (κ2) is 12.1. The quantitative estimate of drug-likeness (QED) is 0.237. The molecule has 1 aliphatic heterocycles. The maximum Gasteiger partial charge on any atom is 0.416 e. The van der Waals surface area contributed by atoms with E-state index in [1.54, 1.807) is 12.1 Å². The van der Waals surface area contributed by atoms with E-state index >= 15 is 0 Å². The van der Waals surface area contributed by atoms with E-state index in [9.17, 15) is 35.5 Å². The molecule has 2 aromatic rings. The highest BCUT2D eigenvalue weighted by Gasteiger charge is 2.42. The van der Waals surface area contributed by atoms with E-state index in [2.05, 4.69) is 4.90 Å². The van der Waals surface area contributed by atoms with Gasteiger partial charge in [0.2, 0.25) is 0 Å². The molecule has 2 aliphatic rings. The average molecular weight is 604 g/mol. The summed E-state index contributed by atoms with van der Waals surface area (Å²) in [5.41, 5.74) is -2.82. The number of nitrogens with zero attached hydrogens (tertiary/aromatic N) is 1. The maximum absolute atomic E-state index is 13.8. The molecule has 1 aliphatic carbocycles. The Bertz CT molecular complexity index is 1200. The van der Waals surface area contributed by atoms with Crippen LogP contribution in [0.1, 0.15) is 81.2 Å². The van der Waals surface area contributed by atoms with Gasteiger partial charge in [-0.1, -0.05) is 12.1 Å². The largest absolute Gasteiger partial charge is 0.460 e. The molecule has 3 unspecified atom stereocenters. The lowest BCUT2D eigenvalue weighted by Crippen LogP contribution is -2.33. The highest BCUT2D eigenvalue weighted by Crippen LogP contribution is 2.45. The van der Waals surface area contributed by atoms with Crippen LogP contribution in [0.15, 0.2) is 42.5 Å². The molecule has 0 bridgehead atoms. The maximum atomic E-state index is 13.8. The van der Waals surface area contributed by atoms with Gasteiger partial charge in [-0.2, -0.15) is 26.3 Å². The first-order valence-corrected chi connectivity index (χ1v) is 14.1. The second-order valence-electron chi connectivity index (χ2n) is 12.3. The van der Waals surface area contributed by atoms with E-state index < -0.39 is 47.1 Å². The minimum absolute atomic E-state index is 0.0114. The van der Waals surface area contributed by atoms with Gasteiger partial charge in [-0.15, -0.1) is 0 Å². The van der Waals surface area contributed by atoms with Crippen LogP contribution < -0.4 is 0 Å². The van der Waals surface area contributed by atoms with Crippen molar-refractivity contribution in [1.82, 2.24) is 4.90 Å². The highest BCUT2D eigenvalue weighted by atomic mass is 19.4. The molecule has 1 saturated heterocycles. The van der Waals surface area contributed by atoms with Gasteiger partial charge in [0.1, 0.15) is 11.4 Å². The number of carbonyl (C=O) groups is 1. The number of carbonyl (C=O) groups excluding carboxylic acids is 1. The predicted molar refractivity (Wildman–Crippen MR) is 142 cm³/mol. The Morgan fingerprint density at radius 3 is 2.07 bits per heavy atom. The highest BCUT2D eigenvalue weighted by molar-refractivity contribution is 5.73. The fourth-order valence-corrected chi connectivity index (χ4v) is 6.03. The van der Waals surface area contributed by atoms with Crippen LogP contribution in [0.25, 0.3) is 0 Å². The van der Waals surface area contributed by atoms with Crippen LogP contribution in [0.4, 0.5) is 30.7 Å². The normalized spacial score (nSPS) is 24.6. The van der Waals surface area contributed by atoms with Gasteiger partial charge in [-0.05, 0) is 101 Å². The Labute approximate surface area is 241 Å². The number of esters is 1. The van der Waals surface area contributed by atoms with Crippen molar-refractivity contribution in [2.24, 2.45) is 11.8 Å². The summed E-state index contributed by atoms with van der Waals surface area (Å²) in [4.78, 5) is 14.8. The van der Waals surface area contributed by atoms with E-state index in [0.29, 0.717) is 51.0 Å². The second-order valence-corrected chi connectivity index (χ2v) is 12.3. The fraction of sp³-hybridized carbons (Fsp3) is 0.581. The Kier molecular flexibility index (Phi) is 9.33. The molecule has 1 heterocycles. The van der Waals surface area contributed by atoms with Gasteiger partial charge in [-0.3, -0.25) is 4.79 Å². The van der Waals surface area contributed by atoms with Crippen molar-refractivity contribution in [2.45, 2.75) is 83.0 Å². The van der Waals surface area contributed by atoms with E-state index in [1.165, 1.54) is 19.1 Å². The zero-order valence-corrected chi connectivity index (χ0v) is 24.0. The third-order valence-electron chi connectivity index (χ3n) is 7.95. The lowest BCUT2D eigenvalue weighted by atomic mass is 9.87.